The number of hydrogen-bond acceptors (Lipinski definition) is 3. The number of nitrogens with two attached hydrogens (primary N) is 1. The van der Waals surface area contributed by atoms with Crippen molar-refractivity contribution in [3.8, 4) is 0 Å². The van der Waals surface area contributed by atoms with Crippen LogP contribution in [-0.2, 0) is 10.2 Å². The Morgan fingerprint density at radius 3 is 2.18 bits per heavy atom. The Labute approximate surface area is 104 Å². The second-order valence-electron chi connectivity index (χ2n) is 5.20. The highest BCUT2D eigenvalue weighted by molar-refractivity contribution is 7.86. The van der Waals surface area contributed by atoms with E-state index in [0.29, 0.717) is 13.1 Å². The molecule has 1 aliphatic carbocycles. The van der Waals surface area contributed by atoms with E-state index >= 15 is 0 Å². The van der Waals surface area contributed by atoms with Gasteiger partial charge in [-0.3, -0.25) is 0 Å². The first-order valence-electron chi connectivity index (χ1n) is 6.50. The van der Waals surface area contributed by atoms with Gasteiger partial charge >= 0.3 is 0 Å². The highest BCUT2D eigenvalue weighted by atomic mass is 32.2. The highest BCUT2D eigenvalue weighted by Crippen LogP contribution is 2.25. The van der Waals surface area contributed by atoms with E-state index in [-0.39, 0.29) is 12.1 Å². The maximum atomic E-state index is 12.3. The van der Waals surface area contributed by atoms with Crippen LogP contribution in [0.2, 0.25) is 0 Å². The van der Waals surface area contributed by atoms with Gasteiger partial charge in [0, 0.05) is 32.2 Å². The van der Waals surface area contributed by atoms with Gasteiger partial charge in [0.15, 0.2) is 0 Å². The second kappa shape index (κ2) is 5.22. The molecule has 2 aliphatic rings. The molecule has 1 saturated carbocycles. The molecule has 0 aromatic carbocycles. The van der Waals surface area contributed by atoms with Gasteiger partial charge in [0.1, 0.15) is 0 Å². The normalized spacial score (nSPS) is 32.2. The molecule has 2 N–H and O–H groups in total. The van der Waals surface area contributed by atoms with Gasteiger partial charge in [-0.1, -0.05) is 0 Å². The lowest BCUT2D eigenvalue weighted by molar-refractivity contribution is 0.255. The molecule has 0 atom stereocenters. The fraction of sp³-hybridized carbons (Fsp3) is 1.00. The molecule has 0 radical (unpaired) electrons. The van der Waals surface area contributed by atoms with Crippen LogP contribution in [0.15, 0.2) is 0 Å². The van der Waals surface area contributed by atoms with E-state index in [4.69, 9.17) is 5.73 Å². The fourth-order valence-electron chi connectivity index (χ4n) is 2.75. The molecular formula is C11H23N3O2S. The van der Waals surface area contributed by atoms with Crippen molar-refractivity contribution in [3.05, 3.63) is 0 Å². The summed E-state index contributed by atoms with van der Waals surface area (Å²) in [6, 6.07) is 0.398. The molecule has 0 aromatic rings. The molecule has 2 fully saturated rings. The molecule has 0 amide bonds. The molecule has 100 valence electrons. The second-order valence-corrected chi connectivity index (χ2v) is 7.19. The number of rotatable bonds is 3. The summed E-state index contributed by atoms with van der Waals surface area (Å²) in [5.74, 6) is 0. The van der Waals surface area contributed by atoms with Crippen molar-refractivity contribution >= 4 is 10.2 Å². The quantitative estimate of drug-likeness (QED) is 0.806. The van der Waals surface area contributed by atoms with E-state index in [0.717, 1.165) is 38.5 Å². The van der Waals surface area contributed by atoms with Crippen LogP contribution in [0, 0.1) is 0 Å². The van der Waals surface area contributed by atoms with Gasteiger partial charge in [-0.15, -0.1) is 0 Å². The van der Waals surface area contributed by atoms with Gasteiger partial charge in [-0.2, -0.15) is 17.0 Å². The SMILES string of the molecule is CN(C1CCC(N)CC1)S(=O)(=O)N1CCCC1. The Kier molecular flexibility index (Phi) is 4.07. The van der Waals surface area contributed by atoms with Crippen molar-refractivity contribution in [1.82, 2.24) is 8.61 Å². The van der Waals surface area contributed by atoms with E-state index in [9.17, 15) is 8.42 Å². The average molecular weight is 261 g/mol. The van der Waals surface area contributed by atoms with Gasteiger partial charge in [-0.25, -0.2) is 0 Å². The Balaban J connectivity index is 2.00. The summed E-state index contributed by atoms with van der Waals surface area (Å²) < 4.78 is 27.9. The molecule has 0 unspecified atom stereocenters. The van der Waals surface area contributed by atoms with Crippen molar-refractivity contribution in [2.24, 2.45) is 5.73 Å². The molecule has 6 heteroatoms. The van der Waals surface area contributed by atoms with Crippen molar-refractivity contribution in [2.45, 2.75) is 50.6 Å². The zero-order valence-corrected chi connectivity index (χ0v) is 11.3. The largest absolute Gasteiger partial charge is 0.328 e. The number of hydrogen-bond donors (Lipinski definition) is 1. The molecule has 0 bridgehead atoms. The van der Waals surface area contributed by atoms with Gasteiger partial charge in [0.05, 0.1) is 0 Å². The molecule has 2 rings (SSSR count). The van der Waals surface area contributed by atoms with Crippen LogP contribution in [-0.4, -0.2) is 49.2 Å². The first-order chi connectivity index (χ1) is 8.01. The van der Waals surface area contributed by atoms with Crippen molar-refractivity contribution < 1.29 is 8.42 Å². The third-order valence-electron chi connectivity index (χ3n) is 4.01. The Bertz CT molecular complexity index is 344. The predicted molar refractivity (Wildman–Crippen MR) is 67.7 cm³/mol. The van der Waals surface area contributed by atoms with E-state index < -0.39 is 10.2 Å². The highest BCUT2D eigenvalue weighted by Gasteiger charge is 2.34. The fourth-order valence-corrected chi connectivity index (χ4v) is 4.43. The van der Waals surface area contributed by atoms with Crippen LogP contribution in [0.5, 0.6) is 0 Å². The minimum Gasteiger partial charge on any atom is -0.328 e. The average Bonchev–Trinajstić information content (AvgIpc) is 2.83. The van der Waals surface area contributed by atoms with Crippen LogP contribution < -0.4 is 5.73 Å². The van der Waals surface area contributed by atoms with E-state index in [2.05, 4.69) is 0 Å². The van der Waals surface area contributed by atoms with E-state index in [1.54, 1.807) is 15.7 Å². The van der Waals surface area contributed by atoms with Gasteiger partial charge in [0.2, 0.25) is 0 Å². The van der Waals surface area contributed by atoms with Crippen molar-refractivity contribution in [2.75, 3.05) is 20.1 Å². The van der Waals surface area contributed by atoms with Crippen LogP contribution in [0.4, 0.5) is 0 Å². The predicted octanol–water partition coefficient (Wildman–Crippen LogP) is 0.529. The van der Waals surface area contributed by atoms with E-state index in [1.165, 1.54) is 0 Å². The molecule has 1 aliphatic heterocycles. The smallest absolute Gasteiger partial charge is 0.281 e. The van der Waals surface area contributed by atoms with Gasteiger partial charge < -0.3 is 5.73 Å². The van der Waals surface area contributed by atoms with Crippen LogP contribution >= 0.6 is 0 Å². The zero-order valence-electron chi connectivity index (χ0n) is 10.5. The molecule has 1 heterocycles. The molecule has 0 spiro atoms. The number of nitrogens with zero attached hydrogens (tertiary/aromatic N) is 2. The Morgan fingerprint density at radius 1 is 1.12 bits per heavy atom. The van der Waals surface area contributed by atoms with Crippen LogP contribution in [0.3, 0.4) is 0 Å². The topological polar surface area (TPSA) is 66.6 Å². The van der Waals surface area contributed by atoms with Gasteiger partial charge in [0.25, 0.3) is 10.2 Å². The summed E-state index contributed by atoms with van der Waals surface area (Å²) in [5.41, 5.74) is 5.85. The molecule has 5 nitrogen and oxygen atoms in total. The molecular weight excluding hydrogens is 238 g/mol. The summed E-state index contributed by atoms with van der Waals surface area (Å²) in [6.07, 6.45) is 5.63. The Morgan fingerprint density at radius 2 is 1.65 bits per heavy atom. The lowest BCUT2D eigenvalue weighted by atomic mass is 9.92. The monoisotopic (exact) mass is 261 g/mol. The molecule has 1 saturated heterocycles. The van der Waals surface area contributed by atoms with Crippen LogP contribution in [0.1, 0.15) is 38.5 Å². The Hall–Kier alpha value is -0.170. The third-order valence-corrected chi connectivity index (χ3v) is 6.05. The first-order valence-corrected chi connectivity index (χ1v) is 7.90. The van der Waals surface area contributed by atoms with Crippen molar-refractivity contribution in [1.29, 1.82) is 0 Å². The summed E-state index contributed by atoms with van der Waals surface area (Å²) in [4.78, 5) is 0. The standard InChI is InChI=1S/C11H23N3O2S/c1-13(11-6-4-10(12)5-7-11)17(15,16)14-8-2-3-9-14/h10-11H,2-9,12H2,1H3. The minimum absolute atomic E-state index is 0.139. The molecule has 0 aromatic heterocycles. The molecule has 17 heavy (non-hydrogen) atoms. The summed E-state index contributed by atoms with van der Waals surface area (Å²) in [5, 5.41) is 0. The van der Waals surface area contributed by atoms with E-state index in [1.807, 2.05) is 0 Å². The lowest BCUT2D eigenvalue weighted by Gasteiger charge is -2.34. The van der Waals surface area contributed by atoms with Gasteiger partial charge in [-0.05, 0) is 38.5 Å². The summed E-state index contributed by atoms with van der Waals surface area (Å²) in [7, 11) is -1.51. The zero-order chi connectivity index (χ0) is 12.5. The maximum absolute atomic E-state index is 12.3. The van der Waals surface area contributed by atoms with Crippen molar-refractivity contribution in [3.63, 3.8) is 0 Å². The first kappa shape index (κ1) is 13.3. The minimum atomic E-state index is -3.23. The van der Waals surface area contributed by atoms with Crippen LogP contribution in [0.25, 0.3) is 0 Å². The summed E-state index contributed by atoms with van der Waals surface area (Å²) >= 11 is 0. The summed E-state index contributed by atoms with van der Waals surface area (Å²) in [6.45, 7) is 1.36. The maximum Gasteiger partial charge on any atom is 0.281 e. The third kappa shape index (κ3) is 2.81. The lowest BCUT2D eigenvalue weighted by Crippen LogP contribution is -2.47.